The number of rotatable bonds is 12. The fourth-order valence-electron chi connectivity index (χ4n) is 3.37. The number of unbranched alkanes of at least 4 members (excludes halogenated alkanes) is 1. The third-order valence-corrected chi connectivity index (χ3v) is 7.44. The number of ether oxygens (including phenoxy) is 1. The number of aliphatic hydroxyl groups is 1. The normalized spacial score (nSPS) is 14.1. The van der Waals surface area contributed by atoms with Gasteiger partial charge in [-0.05, 0) is 61.2 Å². The van der Waals surface area contributed by atoms with Crippen LogP contribution in [0.5, 0.6) is 5.75 Å². The number of halogens is 6. The molecule has 35 heavy (non-hydrogen) atoms. The molecule has 5 nitrogen and oxygen atoms in total. The van der Waals surface area contributed by atoms with Crippen LogP contribution >= 0.6 is 69.6 Å². The topological polar surface area (TPSA) is 72.8 Å². The second kappa shape index (κ2) is 13.1. The number of benzene rings is 2. The van der Waals surface area contributed by atoms with E-state index in [1.807, 2.05) is 0 Å². The SMILES string of the molecule is CCCCc1cc(Cl)c(CS(=O)(=O)OCC(O)(CC(Cl)(Cl)Cl)c2cc(Cl)cc(OCC)c2)c(Cl)c1. The average Bonchev–Trinajstić information content (AvgIpc) is 2.72. The van der Waals surface area contributed by atoms with Gasteiger partial charge in [0.25, 0.3) is 10.1 Å². The lowest BCUT2D eigenvalue weighted by Crippen LogP contribution is -2.37. The van der Waals surface area contributed by atoms with Crippen molar-refractivity contribution in [1.29, 1.82) is 0 Å². The highest BCUT2D eigenvalue weighted by molar-refractivity contribution is 7.85. The minimum Gasteiger partial charge on any atom is -0.494 e. The zero-order chi connectivity index (χ0) is 26.4. The summed E-state index contributed by atoms with van der Waals surface area (Å²) >= 11 is 36.6. The molecule has 0 spiro atoms. The lowest BCUT2D eigenvalue weighted by atomic mass is 9.91. The van der Waals surface area contributed by atoms with Crippen LogP contribution in [0.25, 0.3) is 0 Å². The molecule has 1 atom stereocenters. The van der Waals surface area contributed by atoms with Gasteiger partial charge in [0.05, 0.1) is 13.2 Å². The van der Waals surface area contributed by atoms with E-state index in [9.17, 15) is 13.5 Å². The van der Waals surface area contributed by atoms with Gasteiger partial charge in [-0.2, -0.15) is 8.42 Å². The highest BCUT2D eigenvalue weighted by Gasteiger charge is 2.40. The van der Waals surface area contributed by atoms with Crippen molar-refractivity contribution in [1.82, 2.24) is 0 Å². The van der Waals surface area contributed by atoms with Crippen LogP contribution in [0.4, 0.5) is 0 Å². The van der Waals surface area contributed by atoms with Gasteiger partial charge < -0.3 is 9.84 Å². The zero-order valence-electron chi connectivity index (χ0n) is 19.1. The van der Waals surface area contributed by atoms with Crippen LogP contribution in [-0.2, 0) is 32.1 Å². The van der Waals surface area contributed by atoms with Crippen LogP contribution < -0.4 is 4.74 Å². The first kappa shape index (κ1) is 31.1. The lowest BCUT2D eigenvalue weighted by Gasteiger charge is -2.31. The molecule has 0 fully saturated rings. The molecule has 2 aromatic rings. The molecule has 0 radical (unpaired) electrons. The Morgan fingerprint density at radius 2 is 1.60 bits per heavy atom. The quantitative estimate of drug-likeness (QED) is 0.192. The Hall–Kier alpha value is -0.150. The van der Waals surface area contributed by atoms with Crippen molar-refractivity contribution < 1.29 is 22.4 Å². The van der Waals surface area contributed by atoms with Gasteiger partial charge in [-0.15, -0.1) is 0 Å². The predicted octanol–water partition coefficient (Wildman–Crippen LogP) is 7.88. The maximum Gasteiger partial charge on any atom is 0.271 e. The summed E-state index contributed by atoms with van der Waals surface area (Å²) in [5.41, 5.74) is -0.773. The second-order valence-corrected chi connectivity index (χ2v) is 13.4. The van der Waals surface area contributed by atoms with Crippen LogP contribution in [-0.4, -0.2) is 30.5 Å². The number of aryl methyl sites for hydroxylation is 1. The molecule has 0 saturated heterocycles. The summed E-state index contributed by atoms with van der Waals surface area (Å²) < 4.78 is 34.4. The van der Waals surface area contributed by atoms with Crippen molar-refractivity contribution in [3.63, 3.8) is 0 Å². The van der Waals surface area contributed by atoms with E-state index in [4.69, 9.17) is 78.5 Å². The summed E-state index contributed by atoms with van der Waals surface area (Å²) in [5, 5.41) is 12.0. The Labute approximate surface area is 236 Å². The molecule has 0 amide bonds. The average molecular weight is 627 g/mol. The first-order chi connectivity index (χ1) is 16.2. The van der Waals surface area contributed by atoms with E-state index in [1.54, 1.807) is 19.1 Å². The molecule has 2 rings (SSSR count). The van der Waals surface area contributed by atoms with E-state index in [2.05, 4.69) is 6.92 Å². The summed E-state index contributed by atoms with van der Waals surface area (Å²) in [7, 11) is -4.26. The molecule has 0 saturated carbocycles. The Morgan fingerprint density at radius 1 is 0.971 bits per heavy atom. The molecule has 0 heterocycles. The molecule has 2 aromatic carbocycles. The molecular formula is C23H26Cl6O5S. The van der Waals surface area contributed by atoms with Crippen molar-refractivity contribution in [2.75, 3.05) is 13.2 Å². The van der Waals surface area contributed by atoms with Gasteiger partial charge in [0.2, 0.25) is 0 Å². The molecule has 0 aliphatic heterocycles. The highest BCUT2D eigenvalue weighted by atomic mass is 35.6. The third kappa shape index (κ3) is 9.91. The first-order valence-electron chi connectivity index (χ1n) is 10.7. The van der Waals surface area contributed by atoms with Crippen LogP contribution in [0.15, 0.2) is 30.3 Å². The van der Waals surface area contributed by atoms with Crippen molar-refractivity contribution >= 4 is 79.7 Å². The molecule has 0 aromatic heterocycles. The van der Waals surface area contributed by atoms with Crippen molar-refractivity contribution in [2.24, 2.45) is 0 Å². The summed E-state index contributed by atoms with van der Waals surface area (Å²) in [6.45, 7) is 3.42. The van der Waals surface area contributed by atoms with Crippen LogP contribution in [0.3, 0.4) is 0 Å². The Balaban J connectivity index is 2.31. The van der Waals surface area contributed by atoms with Gasteiger partial charge >= 0.3 is 0 Å². The molecular weight excluding hydrogens is 601 g/mol. The first-order valence-corrected chi connectivity index (χ1v) is 14.6. The van der Waals surface area contributed by atoms with Crippen molar-refractivity contribution in [3.05, 3.63) is 62.1 Å². The van der Waals surface area contributed by atoms with Gasteiger partial charge in [0.1, 0.15) is 17.1 Å². The monoisotopic (exact) mass is 624 g/mol. The molecule has 1 N–H and O–H groups in total. The highest BCUT2D eigenvalue weighted by Crippen LogP contribution is 2.42. The van der Waals surface area contributed by atoms with Crippen molar-refractivity contribution in [3.8, 4) is 5.75 Å². The van der Waals surface area contributed by atoms with E-state index in [1.165, 1.54) is 18.2 Å². The summed E-state index contributed by atoms with van der Waals surface area (Å²) in [5.74, 6) is -0.259. The molecule has 196 valence electrons. The van der Waals surface area contributed by atoms with E-state index >= 15 is 0 Å². The second-order valence-electron chi connectivity index (χ2n) is 8.04. The number of hydrogen-bond donors (Lipinski definition) is 1. The maximum atomic E-state index is 12.8. The van der Waals surface area contributed by atoms with Crippen LogP contribution in [0.2, 0.25) is 15.1 Å². The van der Waals surface area contributed by atoms with Gasteiger partial charge in [0, 0.05) is 27.1 Å². The van der Waals surface area contributed by atoms with Gasteiger partial charge in [-0.1, -0.05) is 83.0 Å². The molecule has 0 bridgehead atoms. The Kier molecular flexibility index (Phi) is 11.6. The van der Waals surface area contributed by atoms with Gasteiger partial charge in [-0.3, -0.25) is 4.18 Å². The summed E-state index contributed by atoms with van der Waals surface area (Å²) in [4.78, 5) is 0. The fraction of sp³-hybridized carbons (Fsp3) is 0.478. The predicted molar refractivity (Wildman–Crippen MR) is 145 cm³/mol. The molecule has 12 heteroatoms. The van der Waals surface area contributed by atoms with Crippen LogP contribution in [0.1, 0.15) is 49.8 Å². The summed E-state index contributed by atoms with van der Waals surface area (Å²) in [6.07, 6.45) is 2.23. The van der Waals surface area contributed by atoms with Gasteiger partial charge in [-0.25, -0.2) is 0 Å². The maximum absolute atomic E-state index is 12.8. The van der Waals surface area contributed by atoms with E-state index in [-0.39, 0.29) is 26.2 Å². The van der Waals surface area contributed by atoms with Gasteiger partial charge in [0.15, 0.2) is 3.79 Å². The minimum absolute atomic E-state index is 0.159. The van der Waals surface area contributed by atoms with E-state index in [0.29, 0.717) is 12.4 Å². The smallest absolute Gasteiger partial charge is 0.271 e. The minimum atomic E-state index is -4.26. The Morgan fingerprint density at radius 3 is 2.14 bits per heavy atom. The molecule has 1 unspecified atom stereocenters. The van der Waals surface area contributed by atoms with E-state index < -0.39 is 38.3 Å². The molecule has 0 aliphatic rings. The standard InChI is InChI=1S/C23H26Cl6O5S/c1-3-5-6-15-7-20(25)19(21(26)8-15)12-35(31,32)34-14-22(30,13-23(27,28)29)16-9-17(24)11-18(10-16)33-4-2/h7-11,30H,3-6,12-14H2,1-2H3. The van der Waals surface area contributed by atoms with E-state index in [0.717, 1.165) is 24.8 Å². The zero-order valence-corrected chi connectivity index (χ0v) is 24.4. The number of hydrogen-bond acceptors (Lipinski definition) is 5. The fourth-order valence-corrected chi connectivity index (χ4v) is 6.21. The van der Waals surface area contributed by atoms with Crippen LogP contribution in [0, 0.1) is 0 Å². The lowest BCUT2D eigenvalue weighted by molar-refractivity contribution is -0.0143. The molecule has 0 aliphatic carbocycles. The number of alkyl halides is 3. The third-order valence-electron chi connectivity index (χ3n) is 5.03. The Bertz CT molecular complexity index is 1100. The summed E-state index contributed by atoms with van der Waals surface area (Å²) in [6, 6.07) is 7.81. The largest absolute Gasteiger partial charge is 0.494 e. The van der Waals surface area contributed by atoms with Crippen molar-refractivity contribution in [2.45, 2.75) is 54.7 Å².